The second kappa shape index (κ2) is 9.76. The summed E-state index contributed by atoms with van der Waals surface area (Å²) in [5.74, 6) is -0.454. The number of morpholine rings is 1. The standard InChI is InChI=1S/C21H27NO7/c1-26-15-6-5-14(18(13-15)27-2)12-16(23)19-20(24)17(29-21(19)25)4-3-7-22-8-10-28-11-9-22/h5-6,13,17,24H,3-4,7-12H2,1-2H3. The lowest BCUT2D eigenvalue weighted by atomic mass is 10.0. The number of aliphatic hydroxyl groups is 1. The van der Waals surface area contributed by atoms with Crippen molar-refractivity contribution in [2.75, 3.05) is 47.1 Å². The molecule has 1 aromatic carbocycles. The van der Waals surface area contributed by atoms with Crippen LogP contribution in [0.3, 0.4) is 0 Å². The molecule has 1 atom stereocenters. The zero-order valence-corrected chi connectivity index (χ0v) is 16.8. The lowest BCUT2D eigenvalue weighted by Gasteiger charge is -2.26. The molecule has 0 saturated carbocycles. The van der Waals surface area contributed by atoms with Gasteiger partial charge < -0.3 is 24.1 Å². The highest BCUT2D eigenvalue weighted by Gasteiger charge is 2.38. The number of hydrogen-bond donors (Lipinski definition) is 1. The van der Waals surface area contributed by atoms with Crippen LogP contribution in [0.4, 0.5) is 0 Å². The third-order valence-corrected chi connectivity index (χ3v) is 5.18. The molecule has 3 rings (SSSR count). The Bertz CT molecular complexity index is 783. The Morgan fingerprint density at radius 2 is 2.00 bits per heavy atom. The van der Waals surface area contributed by atoms with Crippen molar-refractivity contribution in [3.63, 3.8) is 0 Å². The summed E-state index contributed by atoms with van der Waals surface area (Å²) in [5.41, 5.74) is 0.335. The van der Waals surface area contributed by atoms with Crippen molar-refractivity contribution in [3.8, 4) is 11.5 Å². The van der Waals surface area contributed by atoms with E-state index in [2.05, 4.69) is 4.90 Å². The first-order valence-electron chi connectivity index (χ1n) is 9.71. The van der Waals surface area contributed by atoms with Crippen LogP contribution < -0.4 is 9.47 Å². The molecule has 0 aliphatic carbocycles. The van der Waals surface area contributed by atoms with Gasteiger partial charge in [-0.2, -0.15) is 0 Å². The summed E-state index contributed by atoms with van der Waals surface area (Å²) in [4.78, 5) is 27.2. The summed E-state index contributed by atoms with van der Waals surface area (Å²) in [5, 5.41) is 10.4. The van der Waals surface area contributed by atoms with Gasteiger partial charge in [-0.15, -0.1) is 0 Å². The lowest BCUT2D eigenvalue weighted by molar-refractivity contribution is -0.141. The molecule has 0 amide bonds. The number of nitrogens with zero attached hydrogens (tertiary/aromatic N) is 1. The van der Waals surface area contributed by atoms with Gasteiger partial charge in [0.05, 0.1) is 27.4 Å². The normalized spacial score (nSPS) is 19.9. The van der Waals surface area contributed by atoms with Crippen molar-refractivity contribution in [1.82, 2.24) is 4.90 Å². The van der Waals surface area contributed by atoms with Crippen LogP contribution in [-0.4, -0.2) is 74.9 Å². The van der Waals surface area contributed by atoms with Crippen LogP contribution in [0.2, 0.25) is 0 Å². The first kappa shape index (κ1) is 21.1. The van der Waals surface area contributed by atoms with Crippen LogP contribution in [0.1, 0.15) is 18.4 Å². The number of rotatable bonds is 9. The largest absolute Gasteiger partial charge is 0.507 e. The predicted molar refractivity (Wildman–Crippen MR) is 104 cm³/mol. The molecule has 2 aliphatic rings. The molecule has 158 valence electrons. The van der Waals surface area contributed by atoms with Gasteiger partial charge in [-0.3, -0.25) is 9.69 Å². The highest BCUT2D eigenvalue weighted by molar-refractivity contribution is 6.19. The fourth-order valence-electron chi connectivity index (χ4n) is 3.55. The Labute approximate surface area is 170 Å². The number of carbonyl (C=O) groups is 2. The quantitative estimate of drug-likeness (QED) is 0.490. The highest BCUT2D eigenvalue weighted by atomic mass is 16.6. The van der Waals surface area contributed by atoms with Crippen molar-refractivity contribution >= 4 is 11.8 Å². The number of aliphatic hydroxyl groups excluding tert-OH is 1. The summed E-state index contributed by atoms with van der Waals surface area (Å²) in [6, 6.07) is 5.08. The van der Waals surface area contributed by atoms with Gasteiger partial charge in [0.25, 0.3) is 0 Å². The molecule has 1 fully saturated rings. The molecule has 1 unspecified atom stereocenters. The minimum absolute atomic E-state index is 0.0812. The highest BCUT2D eigenvalue weighted by Crippen LogP contribution is 2.29. The number of Topliss-reactive ketones (excluding diaryl/α,β-unsaturated/α-hetero) is 1. The van der Waals surface area contributed by atoms with Crippen molar-refractivity contribution < 1.29 is 33.6 Å². The molecule has 1 N–H and O–H groups in total. The SMILES string of the molecule is COc1ccc(CC(=O)C2=C(O)C(CCCN3CCOCC3)OC2=O)c(OC)c1. The molecule has 0 spiro atoms. The number of methoxy groups -OCH3 is 2. The summed E-state index contributed by atoms with van der Waals surface area (Å²) >= 11 is 0. The van der Waals surface area contributed by atoms with Crippen molar-refractivity contribution in [2.45, 2.75) is 25.4 Å². The minimum atomic E-state index is -0.767. The Hall–Kier alpha value is -2.58. The van der Waals surface area contributed by atoms with Gasteiger partial charge in [-0.25, -0.2) is 4.79 Å². The topological polar surface area (TPSA) is 94.5 Å². The third-order valence-electron chi connectivity index (χ3n) is 5.18. The van der Waals surface area contributed by atoms with Gasteiger partial charge in [-0.1, -0.05) is 6.07 Å². The molecule has 29 heavy (non-hydrogen) atoms. The van der Waals surface area contributed by atoms with Gasteiger partial charge in [0.15, 0.2) is 17.6 Å². The summed E-state index contributed by atoms with van der Waals surface area (Å²) < 4.78 is 21.0. The molecule has 1 saturated heterocycles. The first-order chi connectivity index (χ1) is 14.0. The molecule has 1 aromatic rings. The lowest BCUT2D eigenvalue weighted by Crippen LogP contribution is -2.37. The Kier molecular flexibility index (Phi) is 7.11. The van der Waals surface area contributed by atoms with E-state index in [0.29, 0.717) is 23.5 Å². The zero-order chi connectivity index (χ0) is 20.8. The Morgan fingerprint density at radius 1 is 1.24 bits per heavy atom. The summed E-state index contributed by atoms with van der Waals surface area (Å²) in [6.07, 6.45) is 0.371. The van der Waals surface area contributed by atoms with E-state index in [4.69, 9.17) is 18.9 Å². The van der Waals surface area contributed by atoms with Gasteiger partial charge in [0, 0.05) is 31.1 Å². The molecule has 0 radical (unpaired) electrons. The number of benzene rings is 1. The van der Waals surface area contributed by atoms with Crippen LogP contribution in [-0.2, 0) is 25.5 Å². The van der Waals surface area contributed by atoms with E-state index in [1.54, 1.807) is 18.2 Å². The molecule has 2 heterocycles. The summed E-state index contributed by atoms with van der Waals surface area (Å²) in [7, 11) is 3.03. The van der Waals surface area contributed by atoms with Crippen molar-refractivity contribution in [3.05, 3.63) is 35.1 Å². The number of esters is 1. The monoisotopic (exact) mass is 405 g/mol. The van der Waals surface area contributed by atoms with Crippen LogP contribution in [0.15, 0.2) is 29.5 Å². The summed E-state index contributed by atoms with van der Waals surface area (Å²) in [6.45, 7) is 4.02. The molecular formula is C21H27NO7. The fraction of sp³-hybridized carbons (Fsp3) is 0.524. The molecule has 8 nitrogen and oxygen atoms in total. The van der Waals surface area contributed by atoms with Gasteiger partial charge in [-0.05, 0) is 25.5 Å². The van der Waals surface area contributed by atoms with Crippen LogP contribution in [0.5, 0.6) is 11.5 Å². The van der Waals surface area contributed by atoms with Crippen LogP contribution in [0.25, 0.3) is 0 Å². The molecule has 8 heteroatoms. The molecule has 0 bridgehead atoms. The maximum Gasteiger partial charge on any atom is 0.346 e. The zero-order valence-electron chi connectivity index (χ0n) is 16.8. The maximum atomic E-state index is 12.7. The van der Waals surface area contributed by atoms with Gasteiger partial charge >= 0.3 is 5.97 Å². The van der Waals surface area contributed by atoms with E-state index in [0.717, 1.165) is 39.3 Å². The first-order valence-corrected chi connectivity index (χ1v) is 9.71. The molecule has 0 aromatic heterocycles. The Balaban J connectivity index is 1.62. The van der Waals surface area contributed by atoms with Gasteiger partial charge in [0.2, 0.25) is 0 Å². The van der Waals surface area contributed by atoms with Crippen LogP contribution in [0, 0.1) is 0 Å². The Morgan fingerprint density at radius 3 is 2.69 bits per heavy atom. The fourth-order valence-corrected chi connectivity index (χ4v) is 3.55. The molecular weight excluding hydrogens is 378 g/mol. The van der Waals surface area contributed by atoms with E-state index in [-0.39, 0.29) is 17.8 Å². The van der Waals surface area contributed by atoms with E-state index in [1.165, 1.54) is 14.2 Å². The number of ether oxygens (including phenoxy) is 4. The van der Waals surface area contributed by atoms with Crippen molar-refractivity contribution in [2.24, 2.45) is 0 Å². The van der Waals surface area contributed by atoms with Crippen LogP contribution >= 0.6 is 0 Å². The third kappa shape index (κ3) is 5.07. The maximum absolute atomic E-state index is 12.7. The van der Waals surface area contributed by atoms with Gasteiger partial charge in [0.1, 0.15) is 17.1 Å². The number of ketones is 1. The van der Waals surface area contributed by atoms with E-state index < -0.39 is 17.9 Å². The van der Waals surface area contributed by atoms with E-state index in [1.807, 2.05) is 0 Å². The number of cyclic esters (lactones) is 1. The van der Waals surface area contributed by atoms with E-state index in [9.17, 15) is 14.7 Å². The number of carbonyl (C=O) groups excluding carboxylic acids is 2. The molecule has 2 aliphatic heterocycles. The smallest absolute Gasteiger partial charge is 0.346 e. The number of hydrogen-bond acceptors (Lipinski definition) is 8. The average Bonchev–Trinajstić information content (AvgIpc) is 3.02. The minimum Gasteiger partial charge on any atom is -0.507 e. The van der Waals surface area contributed by atoms with E-state index >= 15 is 0 Å². The average molecular weight is 405 g/mol. The second-order valence-corrected chi connectivity index (χ2v) is 7.03. The second-order valence-electron chi connectivity index (χ2n) is 7.03. The predicted octanol–water partition coefficient (Wildman–Crippen LogP) is 1.67. The van der Waals surface area contributed by atoms with Crippen molar-refractivity contribution in [1.29, 1.82) is 0 Å².